The van der Waals surface area contributed by atoms with Crippen LogP contribution in [-0.4, -0.2) is 37.9 Å². The van der Waals surface area contributed by atoms with Crippen molar-refractivity contribution in [3.63, 3.8) is 0 Å². The molecule has 2 rings (SSSR count). The summed E-state index contributed by atoms with van der Waals surface area (Å²) >= 11 is 0. The van der Waals surface area contributed by atoms with Gasteiger partial charge in [0.05, 0.1) is 12.7 Å². The Bertz CT molecular complexity index is 471. The molecule has 0 saturated carbocycles. The number of benzene rings is 1. The molecule has 5 heteroatoms. The molecule has 122 valence electrons. The summed E-state index contributed by atoms with van der Waals surface area (Å²) in [4.78, 5) is 14.1. The first-order chi connectivity index (χ1) is 10.6. The number of ether oxygens (including phenoxy) is 2. The molecule has 1 aliphatic heterocycles. The molecule has 1 heterocycles. The Morgan fingerprint density at radius 3 is 2.73 bits per heavy atom. The number of likely N-dealkylation sites (N-methyl/N-ethyl adjacent to an activating group) is 1. The molecule has 4 nitrogen and oxygen atoms in total. The van der Waals surface area contributed by atoms with Gasteiger partial charge in [0.1, 0.15) is 11.9 Å². The normalized spacial score (nSPS) is 19.7. The molecule has 0 N–H and O–H groups in total. The van der Waals surface area contributed by atoms with Gasteiger partial charge in [0.2, 0.25) is 0 Å². The maximum Gasteiger partial charge on any atom is 0.255 e. The topological polar surface area (TPSA) is 38.8 Å². The van der Waals surface area contributed by atoms with Crippen molar-refractivity contribution >= 4 is 11.6 Å². The Morgan fingerprint density at radius 2 is 2.14 bits per heavy atom. The highest BCUT2D eigenvalue weighted by atomic mass is 19.1. The first kappa shape index (κ1) is 16.9. The third-order valence-electron chi connectivity index (χ3n) is 3.87. The van der Waals surface area contributed by atoms with Gasteiger partial charge in [0.15, 0.2) is 0 Å². The molecule has 0 aromatic heterocycles. The minimum Gasteiger partial charge on any atom is -0.376 e. The number of halogens is 1. The van der Waals surface area contributed by atoms with E-state index in [2.05, 4.69) is 0 Å². The molecule has 2 atom stereocenters. The van der Waals surface area contributed by atoms with Crippen LogP contribution in [0.5, 0.6) is 0 Å². The number of amides is 1. The fraction of sp³-hybridized carbons (Fsp3) is 0.588. The van der Waals surface area contributed by atoms with E-state index in [9.17, 15) is 9.18 Å². The van der Waals surface area contributed by atoms with E-state index in [1.54, 1.807) is 24.0 Å². The number of anilines is 1. The monoisotopic (exact) mass is 309 g/mol. The standard InChI is InChI=1S/C17H24FNO3/c1-3-19(15-9-7-14(18)8-10-15)17(20)13(2)22-12-16-6-4-5-11-21-16/h7-10,13,16H,3-6,11-12H2,1-2H3. The zero-order chi connectivity index (χ0) is 15.9. The van der Waals surface area contributed by atoms with Gasteiger partial charge in [-0.2, -0.15) is 0 Å². The molecule has 1 aromatic rings. The SMILES string of the molecule is CCN(C(=O)C(C)OCC1CCCCO1)c1ccc(F)cc1. The van der Waals surface area contributed by atoms with E-state index in [4.69, 9.17) is 9.47 Å². The third-order valence-corrected chi connectivity index (χ3v) is 3.87. The summed E-state index contributed by atoms with van der Waals surface area (Å²) in [7, 11) is 0. The van der Waals surface area contributed by atoms with E-state index in [0.29, 0.717) is 18.8 Å². The minimum absolute atomic E-state index is 0.0879. The van der Waals surface area contributed by atoms with Crippen LogP contribution in [-0.2, 0) is 14.3 Å². The third kappa shape index (κ3) is 4.52. The Kier molecular flexibility index (Phi) is 6.34. The second-order valence-electron chi connectivity index (χ2n) is 5.52. The zero-order valence-corrected chi connectivity index (χ0v) is 13.3. The molecular weight excluding hydrogens is 285 g/mol. The molecule has 1 fully saturated rings. The quantitative estimate of drug-likeness (QED) is 0.810. The number of hydrogen-bond acceptors (Lipinski definition) is 3. The van der Waals surface area contributed by atoms with E-state index in [0.717, 1.165) is 25.9 Å². The molecule has 1 aliphatic rings. The van der Waals surface area contributed by atoms with Gasteiger partial charge < -0.3 is 14.4 Å². The molecule has 0 aliphatic carbocycles. The van der Waals surface area contributed by atoms with Gasteiger partial charge in [-0.3, -0.25) is 4.79 Å². The average Bonchev–Trinajstić information content (AvgIpc) is 2.56. The van der Waals surface area contributed by atoms with Crippen LogP contribution in [0.15, 0.2) is 24.3 Å². The summed E-state index contributed by atoms with van der Waals surface area (Å²) in [5.41, 5.74) is 0.679. The summed E-state index contributed by atoms with van der Waals surface area (Å²) < 4.78 is 24.3. The first-order valence-corrected chi connectivity index (χ1v) is 7.92. The lowest BCUT2D eigenvalue weighted by atomic mass is 10.1. The molecule has 1 amide bonds. The molecule has 0 radical (unpaired) electrons. The van der Waals surface area contributed by atoms with Crippen LogP contribution < -0.4 is 4.90 Å². The summed E-state index contributed by atoms with van der Waals surface area (Å²) in [6.45, 7) is 5.36. The fourth-order valence-corrected chi connectivity index (χ4v) is 2.57. The van der Waals surface area contributed by atoms with E-state index in [1.807, 2.05) is 6.92 Å². The van der Waals surface area contributed by atoms with Gasteiger partial charge in [-0.05, 0) is 57.4 Å². The van der Waals surface area contributed by atoms with Crippen LogP contribution in [0.1, 0.15) is 33.1 Å². The highest BCUT2D eigenvalue weighted by molar-refractivity contribution is 5.96. The number of rotatable bonds is 6. The molecule has 0 bridgehead atoms. The van der Waals surface area contributed by atoms with Crippen LogP contribution >= 0.6 is 0 Å². The van der Waals surface area contributed by atoms with Crippen LogP contribution in [0, 0.1) is 5.82 Å². The molecule has 1 aromatic carbocycles. The van der Waals surface area contributed by atoms with Crippen molar-refractivity contribution < 1.29 is 18.7 Å². The van der Waals surface area contributed by atoms with Gasteiger partial charge in [0.25, 0.3) is 5.91 Å². The molecule has 1 saturated heterocycles. The van der Waals surface area contributed by atoms with Crippen molar-refractivity contribution in [1.82, 2.24) is 0 Å². The molecule has 22 heavy (non-hydrogen) atoms. The van der Waals surface area contributed by atoms with E-state index >= 15 is 0 Å². The second kappa shape index (κ2) is 8.25. The number of hydrogen-bond donors (Lipinski definition) is 0. The van der Waals surface area contributed by atoms with Gasteiger partial charge >= 0.3 is 0 Å². The summed E-state index contributed by atoms with van der Waals surface area (Å²) in [5, 5.41) is 0. The first-order valence-electron chi connectivity index (χ1n) is 7.92. The van der Waals surface area contributed by atoms with Gasteiger partial charge in [0, 0.05) is 18.8 Å². The van der Waals surface area contributed by atoms with E-state index in [-0.39, 0.29) is 17.8 Å². The van der Waals surface area contributed by atoms with Gasteiger partial charge in [-0.25, -0.2) is 4.39 Å². The minimum atomic E-state index is -0.546. The smallest absolute Gasteiger partial charge is 0.255 e. The van der Waals surface area contributed by atoms with Crippen molar-refractivity contribution in [2.45, 2.75) is 45.3 Å². The van der Waals surface area contributed by atoms with E-state index in [1.165, 1.54) is 12.1 Å². The lowest BCUT2D eigenvalue weighted by Gasteiger charge is -2.27. The summed E-state index contributed by atoms with van der Waals surface area (Å²) in [6, 6.07) is 5.92. The Morgan fingerprint density at radius 1 is 1.41 bits per heavy atom. The average molecular weight is 309 g/mol. The maximum atomic E-state index is 13.0. The van der Waals surface area contributed by atoms with Crippen molar-refractivity contribution in [3.05, 3.63) is 30.1 Å². The van der Waals surface area contributed by atoms with Gasteiger partial charge in [-0.1, -0.05) is 0 Å². The van der Waals surface area contributed by atoms with Crippen molar-refractivity contribution in [1.29, 1.82) is 0 Å². The molecule has 0 spiro atoms. The number of carbonyl (C=O) groups excluding carboxylic acids is 1. The predicted molar refractivity (Wildman–Crippen MR) is 83.4 cm³/mol. The van der Waals surface area contributed by atoms with Crippen LogP contribution in [0.2, 0.25) is 0 Å². The Hall–Kier alpha value is -1.46. The number of nitrogens with zero attached hydrogens (tertiary/aromatic N) is 1. The van der Waals surface area contributed by atoms with Crippen LogP contribution in [0.3, 0.4) is 0 Å². The lowest BCUT2D eigenvalue weighted by molar-refractivity contribution is -0.132. The second-order valence-corrected chi connectivity index (χ2v) is 5.52. The maximum absolute atomic E-state index is 13.0. The lowest BCUT2D eigenvalue weighted by Crippen LogP contribution is -2.40. The highest BCUT2D eigenvalue weighted by Crippen LogP contribution is 2.18. The zero-order valence-electron chi connectivity index (χ0n) is 13.3. The molecular formula is C17H24FNO3. The Balaban J connectivity index is 1.90. The molecule has 2 unspecified atom stereocenters. The van der Waals surface area contributed by atoms with Crippen LogP contribution in [0.25, 0.3) is 0 Å². The fourth-order valence-electron chi connectivity index (χ4n) is 2.57. The van der Waals surface area contributed by atoms with Crippen molar-refractivity contribution in [2.75, 3.05) is 24.7 Å². The van der Waals surface area contributed by atoms with Crippen LogP contribution in [0.4, 0.5) is 10.1 Å². The highest BCUT2D eigenvalue weighted by Gasteiger charge is 2.23. The summed E-state index contributed by atoms with van der Waals surface area (Å²) in [5.74, 6) is -0.434. The Labute approximate surface area is 131 Å². The van der Waals surface area contributed by atoms with E-state index < -0.39 is 6.10 Å². The summed E-state index contributed by atoms with van der Waals surface area (Å²) in [6.07, 6.45) is 2.77. The predicted octanol–water partition coefficient (Wildman–Crippen LogP) is 3.15. The van der Waals surface area contributed by atoms with Crippen molar-refractivity contribution in [3.8, 4) is 0 Å². The largest absolute Gasteiger partial charge is 0.376 e. The van der Waals surface area contributed by atoms with Gasteiger partial charge in [-0.15, -0.1) is 0 Å². The number of carbonyl (C=O) groups is 1. The van der Waals surface area contributed by atoms with Crippen molar-refractivity contribution in [2.24, 2.45) is 0 Å².